The van der Waals surface area contributed by atoms with Crippen molar-refractivity contribution in [3.05, 3.63) is 47.3 Å². The summed E-state index contributed by atoms with van der Waals surface area (Å²) < 4.78 is 4.68. The fourth-order valence-electron chi connectivity index (χ4n) is 3.90. The molecule has 0 spiro atoms. The van der Waals surface area contributed by atoms with Gasteiger partial charge >= 0.3 is 0 Å². The number of rotatable bonds is 4. The summed E-state index contributed by atoms with van der Waals surface area (Å²) in [5.41, 5.74) is 2.33. The van der Waals surface area contributed by atoms with Crippen molar-refractivity contribution >= 4 is 11.8 Å². The van der Waals surface area contributed by atoms with Crippen LogP contribution < -0.4 is 0 Å². The molecule has 0 saturated carbocycles. The highest BCUT2D eigenvalue weighted by Crippen LogP contribution is 2.30. The number of benzene rings is 1. The van der Waals surface area contributed by atoms with Gasteiger partial charge in [-0.1, -0.05) is 40.6 Å². The van der Waals surface area contributed by atoms with Crippen LogP contribution in [0.2, 0.25) is 0 Å². The van der Waals surface area contributed by atoms with Gasteiger partial charge in [0.15, 0.2) is 0 Å². The van der Waals surface area contributed by atoms with Crippen molar-refractivity contribution in [3.8, 4) is 0 Å². The van der Waals surface area contributed by atoms with E-state index in [-0.39, 0.29) is 30.2 Å². The first-order valence-electron chi connectivity index (χ1n) is 9.02. The number of aryl methyl sites for hydroxylation is 1. The lowest BCUT2D eigenvalue weighted by atomic mass is 9.93. The second kappa shape index (κ2) is 6.90. The van der Waals surface area contributed by atoms with Crippen molar-refractivity contribution < 1.29 is 14.2 Å². The number of piperidine rings is 1. The minimum absolute atomic E-state index is 0.0185. The maximum Gasteiger partial charge on any atom is 0.228 e. The minimum atomic E-state index is -0.113. The first-order valence-corrected chi connectivity index (χ1v) is 9.02. The number of carbonyl (C=O) groups excluding carboxylic acids is 2. The number of hydrogen-bond donors (Lipinski definition) is 0. The Morgan fingerprint density at radius 3 is 2.73 bits per heavy atom. The lowest BCUT2D eigenvalue weighted by molar-refractivity contribution is -0.140. The molecule has 2 aromatic rings. The number of hydrogen-bond acceptors (Lipinski definition) is 5. The van der Waals surface area contributed by atoms with Gasteiger partial charge in [-0.3, -0.25) is 9.59 Å². The van der Waals surface area contributed by atoms with Crippen LogP contribution in [0.5, 0.6) is 0 Å². The zero-order valence-corrected chi connectivity index (χ0v) is 14.8. The Balaban J connectivity index is 1.49. The summed E-state index contributed by atoms with van der Waals surface area (Å²) in [5, 5.41) is 7.53. The van der Waals surface area contributed by atoms with Gasteiger partial charge in [-0.25, -0.2) is 4.63 Å². The van der Waals surface area contributed by atoms with Crippen molar-refractivity contribution in [3.63, 3.8) is 0 Å². The molecule has 1 aromatic carbocycles. The van der Waals surface area contributed by atoms with E-state index in [2.05, 4.69) is 14.9 Å². The van der Waals surface area contributed by atoms with Gasteiger partial charge in [0.25, 0.3) is 0 Å². The average molecular weight is 354 g/mol. The zero-order chi connectivity index (χ0) is 18.1. The van der Waals surface area contributed by atoms with E-state index in [1.807, 2.05) is 40.1 Å². The Labute approximate surface area is 151 Å². The lowest BCUT2D eigenvalue weighted by Gasteiger charge is -2.36. The first kappa shape index (κ1) is 16.8. The molecule has 3 saturated heterocycles. The smallest absolute Gasteiger partial charge is 0.228 e. The molecule has 0 unspecified atom stereocenters. The third kappa shape index (κ3) is 3.21. The molecule has 3 fully saturated rings. The summed E-state index contributed by atoms with van der Waals surface area (Å²) in [4.78, 5) is 29.4. The van der Waals surface area contributed by atoms with Crippen molar-refractivity contribution in [1.82, 2.24) is 20.1 Å². The predicted molar refractivity (Wildman–Crippen MR) is 92.8 cm³/mol. The topological polar surface area (TPSA) is 79.5 Å². The number of fused-ring (bicyclic) bond motifs is 4. The van der Waals surface area contributed by atoms with E-state index in [1.54, 1.807) is 6.92 Å². The molecule has 26 heavy (non-hydrogen) atoms. The molecule has 3 aliphatic heterocycles. The zero-order valence-electron chi connectivity index (χ0n) is 14.8. The van der Waals surface area contributed by atoms with Crippen LogP contribution in [0.25, 0.3) is 0 Å². The van der Waals surface area contributed by atoms with Crippen LogP contribution in [0.15, 0.2) is 35.0 Å². The molecule has 7 heteroatoms. The minimum Gasteiger partial charge on any atom is -0.339 e. The molecule has 4 heterocycles. The van der Waals surface area contributed by atoms with E-state index in [1.165, 1.54) is 0 Å². The quantitative estimate of drug-likeness (QED) is 0.833. The molecule has 0 radical (unpaired) electrons. The van der Waals surface area contributed by atoms with Gasteiger partial charge in [0.1, 0.15) is 11.4 Å². The van der Waals surface area contributed by atoms with E-state index in [9.17, 15) is 9.59 Å². The molecule has 136 valence electrons. The second-order valence-corrected chi connectivity index (χ2v) is 7.15. The number of aromatic nitrogens is 2. The van der Waals surface area contributed by atoms with Crippen molar-refractivity contribution in [2.45, 2.75) is 38.8 Å². The van der Waals surface area contributed by atoms with E-state index >= 15 is 0 Å². The summed E-state index contributed by atoms with van der Waals surface area (Å²) in [6.45, 7) is 3.45. The Hall–Kier alpha value is -2.70. The Kier molecular flexibility index (Phi) is 4.44. The maximum atomic E-state index is 12.9. The van der Waals surface area contributed by atoms with Crippen LogP contribution in [0.4, 0.5) is 0 Å². The summed E-state index contributed by atoms with van der Waals surface area (Å²) in [6, 6.07) is 10.1. The highest BCUT2D eigenvalue weighted by atomic mass is 16.6. The van der Waals surface area contributed by atoms with Gasteiger partial charge < -0.3 is 9.80 Å². The fourth-order valence-corrected chi connectivity index (χ4v) is 3.90. The monoisotopic (exact) mass is 354 g/mol. The summed E-state index contributed by atoms with van der Waals surface area (Å²) in [6.07, 6.45) is 1.96. The van der Waals surface area contributed by atoms with Crippen LogP contribution >= 0.6 is 0 Å². The van der Waals surface area contributed by atoms with Crippen molar-refractivity contribution in [2.75, 3.05) is 13.1 Å². The van der Waals surface area contributed by atoms with Gasteiger partial charge in [-0.05, 0) is 25.3 Å². The third-order valence-electron chi connectivity index (χ3n) is 5.41. The summed E-state index contributed by atoms with van der Waals surface area (Å²) in [7, 11) is 0. The standard InChI is InChI=1S/C19H22N4O3/c1-13-17(21-26-20-13)9-18(24)22-11-15-7-8-16(12-22)23(19(15)25)10-14-5-3-2-4-6-14/h2-6,15-16H,7-12H2,1H3/t15-,16+/m0/s1. The highest BCUT2D eigenvalue weighted by Gasteiger charge is 2.41. The van der Waals surface area contributed by atoms with Crippen LogP contribution in [0.3, 0.4) is 0 Å². The fraction of sp³-hybridized carbons (Fsp3) is 0.474. The number of carbonyl (C=O) groups is 2. The van der Waals surface area contributed by atoms with Crippen LogP contribution in [0.1, 0.15) is 29.8 Å². The molecule has 2 bridgehead atoms. The molecule has 0 N–H and O–H groups in total. The Morgan fingerprint density at radius 1 is 1.19 bits per heavy atom. The average Bonchev–Trinajstić information content (AvgIpc) is 2.87. The maximum absolute atomic E-state index is 12.9. The van der Waals surface area contributed by atoms with E-state index in [4.69, 9.17) is 0 Å². The van der Waals surface area contributed by atoms with E-state index in [0.717, 1.165) is 18.4 Å². The molecule has 1 aromatic heterocycles. The second-order valence-electron chi connectivity index (χ2n) is 7.15. The van der Waals surface area contributed by atoms with Gasteiger partial charge in [0.05, 0.1) is 12.3 Å². The molecule has 2 atom stereocenters. The van der Waals surface area contributed by atoms with Gasteiger partial charge in [0, 0.05) is 25.7 Å². The van der Waals surface area contributed by atoms with Gasteiger partial charge in [-0.2, -0.15) is 0 Å². The van der Waals surface area contributed by atoms with Crippen molar-refractivity contribution in [1.29, 1.82) is 0 Å². The molecule has 5 rings (SSSR count). The van der Waals surface area contributed by atoms with Crippen molar-refractivity contribution in [2.24, 2.45) is 5.92 Å². The third-order valence-corrected chi connectivity index (χ3v) is 5.41. The largest absolute Gasteiger partial charge is 0.339 e. The van der Waals surface area contributed by atoms with E-state index in [0.29, 0.717) is 31.0 Å². The predicted octanol–water partition coefficient (Wildman–Crippen LogP) is 1.57. The lowest BCUT2D eigenvalue weighted by Crippen LogP contribution is -2.47. The Morgan fingerprint density at radius 2 is 2.00 bits per heavy atom. The highest BCUT2D eigenvalue weighted by molar-refractivity contribution is 5.84. The van der Waals surface area contributed by atoms with Crippen LogP contribution in [0, 0.1) is 12.8 Å². The van der Waals surface area contributed by atoms with Gasteiger partial charge in [0.2, 0.25) is 11.8 Å². The molecular formula is C19H22N4O3. The Bertz CT molecular complexity index is 804. The molecule has 3 aliphatic rings. The van der Waals surface area contributed by atoms with Gasteiger partial charge in [-0.15, -0.1) is 0 Å². The van der Waals surface area contributed by atoms with Crippen LogP contribution in [-0.4, -0.2) is 51.1 Å². The van der Waals surface area contributed by atoms with E-state index < -0.39 is 0 Å². The van der Waals surface area contributed by atoms with Crippen LogP contribution in [-0.2, 0) is 22.6 Å². The number of nitrogens with zero attached hydrogens (tertiary/aromatic N) is 4. The molecule has 2 amide bonds. The SMILES string of the molecule is Cc1nonc1CC(=O)N1C[C@@H]2CC[C@H](C1)N(Cc1ccccc1)C2=O. The summed E-state index contributed by atoms with van der Waals surface area (Å²) in [5.74, 6) is 0.0349. The first-order chi connectivity index (χ1) is 12.6. The molecular weight excluding hydrogens is 332 g/mol. The summed E-state index contributed by atoms with van der Waals surface area (Å²) >= 11 is 0. The normalized spacial score (nSPS) is 22.6. The number of amides is 2. The molecule has 0 aliphatic carbocycles. The molecule has 7 nitrogen and oxygen atoms in total.